The molecule has 0 bridgehead atoms. The van der Waals surface area contributed by atoms with Gasteiger partial charge in [0.05, 0.1) is 29.3 Å². The summed E-state index contributed by atoms with van der Waals surface area (Å²) in [6.07, 6.45) is -2.90. The van der Waals surface area contributed by atoms with Crippen molar-refractivity contribution in [3.8, 4) is 0 Å². The summed E-state index contributed by atoms with van der Waals surface area (Å²) in [6, 6.07) is 9.34. The Morgan fingerprint density at radius 3 is 2.43 bits per heavy atom. The van der Waals surface area contributed by atoms with Gasteiger partial charge < -0.3 is 5.11 Å². The van der Waals surface area contributed by atoms with Gasteiger partial charge in [-0.15, -0.1) is 0 Å². The monoisotopic (exact) mass is 443 g/mol. The molecule has 0 unspecified atom stereocenters. The molecule has 2 aromatic rings. The van der Waals surface area contributed by atoms with Crippen molar-refractivity contribution < 1.29 is 36.3 Å². The highest BCUT2D eigenvalue weighted by atomic mass is 32.2. The van der Waals surface area contributed by atoms with Gasteiger partial charge in [0.25, 0.3) is 5.91 Å². The Labute approximate surface area is 169 Å². The highest BCUT2D eigenvalue weighted by molar-refractivity contribution is 7.92. The Hall–Kier alpha value is -3.41. The average Bonchev–Trinajstić information content (AvgIpc) is 2.65. The van der Waals surface area contributed by atoms with E-state index in [1.165, 1.54) is 18.2 Å². The van der Waals surface area contributed by atoms with E-state index in [9.17, 15) is 31.2 Å². The quantitative estimate of drug-likeness (QED) is 0.503. The van der Waals surface area contributed by atoms with Gasteiger partial charge >= 0.3 is 12.1 Å². The van der Waals surface area contributed by atoms with Crippen LogP contribution in [-0.2, 0) is 21.0 Å². The van der Waals surface area contributed by atoms with E-state index in [0.29, 0.717) is 10.4 Å². The molecule has 0 aliphatic carbocycles. The van der Waals surface area contributed by atoms with Crippen molar-refractivity contribution in [2.24, 2.45) is 5.10 Å². The fourth-order valence-electron chi connectivity index (χ4n) is 2.38. The molecule has 0 aromatic heterocycles. The third kappa shape index (κ3) is 6.04. The van der Waals surface area contributed by atoms with Crippen LogP contribution in [0.15, 0.2) is 53.6 Å². The molecule has 0 fully saturated rings. The molecule has 0 aliphatic heterocycles. The second-order valence-corrected chi connectivity index (χ2v) is 7.91. The van der Waals surface area contributed by atoms with Crippen LogP contribution in [0.2, 0.25) is 0 Å². The molecule has 2 rings (SSSR count). The predicted molar refractivity (Wildman–Crippen MR) is 103 cm³/mol. The van der Waals surface area contributed by atoms with E-state index in [1.807, 2.05) is 5.43 Å². The number of aromatic carboxylic acids is 1. The number of carboxylic acid groups (broad SMARTS) is 1. The van der Waals surface area contributed by atoms with Crippen molar-refractivity contribution in [1.29, 1.82) is 0 Å². The van der Waals surface area contributed by atoms with E-state index in [2.05, 4.69) is 5.10 Å². The first-order chi connectivity index (χ1) is 13.9. The van der Waals surface area contributed by atoms with Gasteiger partial charge in [0, 0.05) is 5.56 Å². The lowest BCUT2D eigenvalue weighted by Crippen LogP contribution is -2.39. The second-order valence-electron chi connectivity index (χ2n) is 6.00. The first-order valence-electron chi connectivity index (χ1n) is 8.19. The summed E-state index contributed by atoms with van der Waals surface area (Å²) in [5.41, 5.74) is 0.719. The first-order valence-corrected chi connectivity index (χ1v) is 10.0. The maximum absolute atomic E-state index is 12.9. The van der Waals surface area contributed by atoms with Gasteiger partial charge in [0.2, 0.25) is 10.0 Å². The van der Waals surface area contributed by atoms with Crippen LogP contribution in [0, 0.1) is 0 Å². The molecule has 0 spiro atoms. The molecular weight excluding hydrogens is 427 g/mol. The van der Waals surface area contributed by atoms with Crippen molar-refractivity contribution in [3.63, 3.8) is 0 Å². The Morgan fingerprint density at radius 1 is 1.17 bits per heavy atom. The molecule has 2 aromatic carbocycles. The third-order valence-electron chi connectivity index (χ3n) is 3.73. The molecule has 0 aliphatic rings. The van der Waals surface area contributed by atoms with E-state index in [4.69, 9.17) is 5.11 Å². The summed E-state index contributed by atoms with van der Waals surface area (Å²) in [5.74, 6) is -2.15. The van der Waals surface area contributed by atoms with E-state index in [1.54, 1.807) is 6.07 Å². The number of rotatable bonds is 7. The molecule has 0 saturated heterocycles. The number of halogens is 3. The number of nitrogens with one attached hydrogen (secondary N) is 1. The molecule has 12 heteroatoms. The van der Waals surface area contributed by atoms with Crippen LogP contribution in [0.1, 0.15) is 21.5 Å². The molecule has 30 heavy (non-hydrogen) atoms. The summed E-state index contributed by atoms with van der Waals surface area (Å²) in [7, 11) is -4.09. The number of hydrogen-bond donors (Lipinski definition) is 2. The summed E-state index contributed by atoms with van der Waals surface area (Å²) in [6.45, 7) is -0.835. The number of anilines is 1. The Balaban J connectivity index is 2.19. The Kier molecular flexibility index (Phi) is 6.82. The number of carbonyl (C=O) groups excluding carboxylic acids is 1. The van der Waals surface area contributed by atoms with E-state index in [-0.39, 0.29) is 16.8 Å². The van der Waals surface area contributed by atoms with Crippen molar-refractivity contribution in [2.75, 3.05) is 17.1 Å². The lowest BCUT2D eigenvalue weighted by Gasteiger charge is -2.22. The fraction of sp³-hybridized carbons (Fsp3) is 0.167. The van der Waals surface area contributed by atoms with Gasteiger partial charge in [-0.3, -0.25) is 9.10 Å². The minimum atomic E-state index is -4.69. The van der Waals surface area contributed by atoms with Crippen LogP contribution in [-0.4, -0.2) is 44.4 Å². The molecule has 8 nitrogen and oxygen atoms in total. The molecule has 1 amide bonds. The van der Waals surface area contributed by atoms with E-state index < -0.39 is 40.2 Å². The largest absolute Gasteiger partial charge is 0.478 e. The van der Waals surface area contributed by atoms with Crippen molar-refractivity contribution >= 4 is 33.8 Å². The number of hydrazone groups is 1. The van der Waals surface area contributed by atoms with Gasteiger partial charge in [-0.2, -0.15) is 18.3 Å². The number of benzene rings is 2. The summed E-state index contributed by atoms with van der Waals surface area (Å²) in [5, 5.41) is 12.7. The van der Waals surface area contributed by atoms with Crippen LogP contribution in [0.5, 0.6) is 0 Å². The van der Waals surface area contributed by atoms with Crippen LogP contribution < -0.4 is 9.73 Å². The number of amides is 1. The van der Waals surface area contributed by atoms with Crippen LogP contribution in [0.25, 0.3) is 0 Å². The minimum Gasteiger partial charge on any atom is -0.478 e. The number of nitrogens with zero attached hydrogens (tertiary/aromatic N) is 2. The van der Waals surface area contributed by atoms with Crippen LogP contribution in [0.4, 0.5) is 18.9 Å². The molecule has 0 radical (unpaired) electrons. The number of carbonyl (C=O) groups is 2. The zero-order chi connectivity index (χ0) is 22.5. The fourth-order valence-corrected chi connectivity index (χ4v) is 3.23. The van der Waals surface area contributed by atoms with Gasteiger partial charge in [0.1, 0.15) is 6.54 Å². The smallest absolute Gasteiger partial charge is 0.416 e. The molecule has 0 heterocycles. The van der Waals surface area contributed by atoms with Crippen LogP contribution in [0.3, 0.4) is 0 Å². The van der Waals surface area contributed by atoms with Crippen molar-refractivity contribution in [1.82, 2.24) is 5.43 Å². The summed E-state index contributed by atoms with van der Waals surface area (Å²) >= 11 is 0. The topological polar surface area (TPSA) is 116 Å². The molecular formula is C18H16F3N3O5S. The average molecular weight is 443 g/mol. The number of carboxylic acids is 1. The molecule has 2 N–H and O–H groups in total. The van der Waals surface area contributed by atoms with Gasteiger partial charge in [-0.25, -0.2) is 18.6 Å². The van der Waals surface area contributed by atoms with Gasteiger partial charge in [-0.1, -0.05) is 24.3 Å². The second kappa shape index (κ2) is 8.95. The Bertz CT molecular complexity index is 1080. The van der Waals surface area contributed by atoms with Gasteiger partial charge in [-0.05, 0) is 24.3 Å². The minimum absolute atomic E-state index is 0.0720. The van der Waals surface area contributed by atoms with E-state index in [0.717, 1.165) is 30.7 Å². The van der Waals surface area contributed by atoms with Crippen LogP contribution >= 0.6 is 0 Å². The standard InChI is InChI=1S/C18H16F3N3O5S/c1-30(28,29)24(14-7-4-6-13(9-14)18(19,20)21)11-16(25)23-22-10-12-5-2-3-8-15(12)17(26)27/h2-10H,11H2,1H3,(H,23,25)(H,26,27)/b22-10-. The molecule has 160 valence electrons. The first kappa shape index (κ1) is 22.9. The Morgan fingerprint density at radius 2 is 1.83 bits per heavy atom. The van der Waals surface area contributed by atoms with Crippen molar-refractivity contribution in [2.45, 2.75) is 6.18 Å². The third-order valence-corrected chi connectivity index (χ3v) is 4.87. The highest BCUT2D eigenvalue weighted by Gasteiger charge is 2.32. The molecule has 0 saturated carbocycles. The number of hydrogen-bond acceptors (Lipinski definition) is 5. The van der Waals surface area contributed by atoms with E-state index >= 15 is 0 Å². The maximum atomic E-state index is 12.9. The number of alkyl halides is 3. The van der Waals surface area contributed by atoms with Gasteiger partial charge in [0.15, 0.2) is 0 Å². The van der Waals surface area contributed by atoms with Crippen molar-refractivity contribution in [3.05, 3.63) is 65.2 Å². The molecule has 0 atom stereocenters. The lowest BCUT2D eigenvalue weighted by atomic mass is 10.1. The zero-order valence-corrected chi connectivity index (χ0v) is 16.2. The summed E-state index contributed by atoms with van der Waals surface area (Å²) in [4.78, 5) is 23.2. The normalized spacial score (nSPS) is 12.0. The predicted octanol–water partition coefficient (Wildman–Crippen LogP) is 2.32. The lowest BCUT2D eigenvalue weighted by molar-refractivity contribution is -0.137. The SMILES string of the molecule is CS(=O)(=O)N(CC(=O)N/N=C\c1ccccc1C(=O)O)c1cccc(C(F)(F)F)c1. The number of sulfonamides is 1. The summed E-state index contributed by atoms with van der Waals surface area (Å²) < 4.78 is 63.2. The highest BCUT2D eigenvalue weighted by Crippen LogP contribution is 2.32. The maximum Gasteiger partial charge on any atom is 0.416 e. The zero-order valence-electron chi connectivity index (χ0n) is 15.4.